The number of anilines is 1. The minimum atomic E-state index is -2.87. The zero-order valence-electron chi connectivity index (χ0n) is 16.4. The van der Waals surface area contributed by atoms with Crippen molar-refractivity contribution in [1.29, 1.82) is 0 Å². The van der Waals surface area contributed by atoms with Crippen LogP contribution in [-0.4, -0.2) is 32.5 Å². The fourth-order valence-electron chi connectivity index (χ4n) is 4.63. The van der Waals surface area contributed by atoms with E-state index in [1.807, 2.05) is 6.92 Å². The molecule has 0 spiro atoms. The van der Waals surface area contributed by atoms with Crippen molar-refractivity contribution in [2.24, 2.45) is 0 Å². The van der Waals surface area contributed by atoms with Gasteiger partial charge >= 0.3 is 0 Å². The number of alkyl halides is 4. The van der Waals surface area contributed by atoms with Crippen LogP contribution in [0, 0.1) is 0 Å². The summed E-state index contributed by atoms with van der Waals surface area (Å²) in [6, 6.07) is 4.81. The van der Waals surface area contributed by atoms with Crippen LogP contribution < -0.4 is 5.32 Å². The lowest BCUT2D eigenvalue weighted by Crippen LogP contribution is -2.45. The minimum Gasteiger partial charge on any atom is -0.374 e. The topological polar surface area (TPSA) is 68.5 Å². The van der Waals surface area contributed by atoms with Crippen molar-refractivity contribution in [3.05, 3.63) is 59.3 Å². The summed E-state index contributed by atoms with van der Waals surface area (Å²) in [5.41, 5.74) is -0.686. The second kappa shape index (κ2) is 6.74. The van der Waals surface area contributed by atoms with Gasteiger partial charge in [-0.1, -0.05) is 6.07 Å². The first-order valence-corrected chi connectivity index (χ1v) is 9.70. The second-order valence-corrected chi connectivity index (χ2v) is 8.41. The molecule has 1 saturated carbocycles. The summed E-state index contributed by atoms with van der Waals surface area (Å²) in [5, 5.41) is 2.37. The van der Waals surface area contributed by atoms with E-state index in [4.69, 9.17) is 4.74 Å². The summed E-state index contributed by atoms with van der Waals surface area (Å²) in [5.74, 6) is -0.860. The van der Waals surface area contributed by atoms with Gasteiger partial charge in [-0.3, -0.25) is 4.79 Å². The summed E-state index contributed by atoms with van der Waals surface area (Å²) in [6.07, 6.45) is -0.975. The lowest BCUT2D eigenvalue weighted by molar-refractivity contribution is 0.0154. The maximum Gasteiger partial charge on any atom is 0.280 e. The molecule has 10 heteroatoms. The highest BCUT2D eigenvalue weighted by molar-refractivity contribution is 6.03. The van der Waals surface area contributed by atoms with Gasteiger partial charge in [-0.25, -0.2) is 27.5 Å². The van der Waals surface area contributed by atoms with E-state index in [0.717, 1.165) is 24.6 Å². The Morgan fingerprint density at radius 2 is 1.94 bits per heavy atom. The Kier molecular flexibility index (Phi) is 4.34. The molecular weight excluding hydrogens is 416 g/mol. The van der Waals surface area contributed by atoms with E-state index >= 15 is 0 Å². The molecule has 1 N–H and O–H groups in total. The monoisotopic (exact) mass is 434 g/mol. The normalized spacial score (nSPS) is 24.7. The highest BCUT2D eigenvalue weighted by Crippen LogP contribution is 2.58. The third kappa shape index (κ3) is 3.25. The first kappa shape index (κ1) is 19.9. The minimum absolute atomic E-state index is 0.140. The average molecular weight is 434 g/mol. The van der Waals surface area contributed by atoms with E-state index in [2.05, 4.69) is 15.3 Å². The molecule has 1 aliphatic carbocycles. The maximum absolute atomic E-state index is 13.7. The number of aromatic nitrogens is 3. The predicted octanol–water partition coefficient (Wildman–Crippen LogP) is 4.68. The fraction of sp³-hybridized carbons (Fsp3) is 0.381. The van der Waals surface area contributed by atoms with Gasteiger partial charge in [0.2, 0.25) is 0 Å². The number of carbonyl (C=O) groups is 1. The van der Waals surface area contributed by atoms with Crippen LogP contribution in [0.2, 0.25) is 0 Å². The molecule has 2 bridgehead atoms. The van der Waals surface area contributed by atoms with Crippen LogP contribution in [0.4, 0.5) is 23.2 Å². The third-order valence-electron chi connectivity index (χ3n) is 6.00. The van der Waals surface area contributed by atoms with Crippen molar-refractivity contribution < 1.29 is 27.1 Å². The molecule has 3 fully saturated rings. The Morgan fingerprint density at radius 3 is 2.58 bits per heavy atom. The van der Waals surface area contributed by atoms with Crippen molar-refractivity contribution in [3.63, 3.8) is 0 Å². The molecule has 3 aromatic rings. The molecule has 6 nitrogen and oxygen atoms in total. The molecule has 0 atom stereocenters. The first-order chi connectivity index (χ1) is 14.7. The molecular formula is C21H18F4N4O2. The van der Waals surface area contributed by atoms with Gasteiger partial charge in [0.05, 0.1) is 23.6 Å². The molecule has 5 heterocycles. The molecule has 0 radical (unpaired) electrons. The van der Waals surface area contributed by atoms with Gasteiger partial charge in [0.1, 0.15) is 17.0 Å². The summed E-state index contributed by atoms with van der Waals surface area (Å²) >= 11 is 0. The van der Waals surface area contributed by atoms with Crippen LogP contribution in [0.1, 0.15) is 60.1 Å². The average Bonchev–Trinajstić information content (AvgIpc) is 3.37. The SMILES string of the molecule is CC12CC(c3cn4cc(NC(=O)c5cccc(C(F)F)n5)c(C(F)F)cc4n3)(CO1)C2. The molecule has 2 aliphatic heterocycles. The molecule has 31 heavy (non-hydrogen) atoms. The molecule has 2 saturated heterocycles. The van der Waals surface area contributed by atoms with Gasteiger partial charge < -0.3 is 14.5 Å². The van der Waals surface area contributed by atoms with Crippen molar-refractivity contribution in [3.8, 4) is 0 Å². The predicted molar refractivity (Wildman–Crippen MR) is 103 cm³/mol. The van der Waals surface area contributed by atoms with E-state index in [1.165, 1.54) is 24.4 Å². The summed E-state index contributed by atoms with van der Waals surface area (Å²) < 4.78 is 60.5. The van der Waals surface area contributed by atoms with Crippen LogP contribution in [0.15, 0.2) is 36.7 Å². The highest BCUT2D eigenvalue weighted by atomic mass is 19.3. The van der Waals surface area contributed by atoms with Crippen LogP contribution >= 0.6 is 0 Å². The standard InChI is InChI=1S/C21H18F4N4O2/c1-20-8-21(9-20,10-31-20)15-7-29-6-14(11(17(22)23)5-16(29)28-15)27-19(30)13-4-2-3-12(26-13)18(24)25/h2-7,17-18H,8-10H2,1H3,(H,27,30). The number of amides is 1. The van der Waals surface area contributed by atoms with Gasteiger partial charge in [-0.2, -0.15) is 0 Å². The van der Waals surface area contributed by atoms with Crippen molar-refractivity contribution in [1.82, 2.24) is 14.4 Å². The number of carbonyl (C=O) groups excluding carboxylic acids is 1. The molecule has 1 amide bonds. The zero-order valence-corrected chi connectivity index (χ0v) is 16.4. The third-order valence-corrected chi connectivity index (χ3v) is 6.00. The van der Waals surface area contributed by atoms with Gasteiger partial charge in [0.25, 0.3) is 18.8 Å². The van der Waals surface area contributed by atoms with Gasteiger partial charge in [0.15, 0.2) is 0 Å². The summed E-state index contributed by atoms with van der Waals surface area (Å²) in [6.45, 7) is 2.57. The largest absolute Gasteiger partial charge is 0.374 e. The number of hydrogen-bond acceptors (Lipinski definition) is 4. The lowest BCUT2D eigenvalue weighted by Gasteiger charge is -2.41. The van der Waals surface area contributed by atoms with Gasteiger partial charge in [0, 0.05) is 23.4 Å². The van der Waals surface area contributed by atoms with Crippen LogP contribution in [0.25, 0.3) is 5.65 Å². The number of fused-ring (bicyclic) bond motifs is 2. The molecule has 0 unspecified atom stereocenters. The Morgan fingerprint density at radius 1 is 1.16 bits per heavy atom. The molecule has 3 aromatic heterocycles. The number of rotatable bonds is 5. The first-order valence-electron chi connectivity index (χ1n) is 9.70. The number of hydrogen-bond donors (Lipinski definition) is 1. The zero-order chi connectivity index (χ0) is 22.0. The van der Waals surface area contributed by atoms with Crippen molar-refractivity contribution in [2.45, 2.75) is 43.6 Å². The van der Waals surface area contributed by atoms with E-state index in [-0.39, 0.29) is 22.4 Å². The van der Waals surface area contributed by atoms with Crippen LogP contribution in [0.3, 0.4) is 0 Å². The van der Waals surface area contributed by atoms with Gasteiger partial charge in [-0.05, 0) is 38.0 Å². The second-order valence-electron chi connectivity index (χ2n) is 8.41. The number of halogens is 4. The Hall–Kier alpha value is -3.01. The number of ether oxygens (including phenoxy) is 1. The summed E-state index contributed by atoms with van der Waals surface area (Å²) in [7, 11) is 0. The highest BCUT2D eigenvalue weighted by Gasteiger charge is 2.61. The van der Waals surface area contributed by atoms with E-state index < -0.39 is 30.0 Å². The molecule has 3 aliphatic rings. The number of nitrogens with one attached hydrogen (secondary N) is 1. The Balaban J connectivity index is 1.48. The lowest BCUT2D eigenvalue weighted by atomic mass is 9.62. The number of imidazole rings is 1. The van der Waals surface area contributed by atoms with Crippen LogP contribution in [-0.2, 0) is 10.2 Å². The number of pyridine rings is 2. The molecule has 162 valence electrons. The van der Waals surface area contributed by atoms with Crippen LogP contribution in [0.5, 0.6) is 0 Å². The molecule has 6 rings (SSSR count). The number of nitrogens with zero attached hydrogens (tertiary/aromatic N) is 3. The van der Waals surface area contributed by atoms with E-state index in [1.54, 1.807) is 10.6 Å². The molecule has 0 aromatic carbocycles. The maximum atomic E-state index is 13.7. The van der Waals surface area contributed by atoms with E-state index in [0.29, 0.717) is 12.3 Å². The fourth-order valence-corrected chi connectivity index (χ4v) is 4.63. The Bertz CT molecular complexity index is 1190. The quantitative estimate of drug-likeness (QED) is 0.593. The van der Waals surface area contributed by atoms with Crippen molar-refractivity contribution in [2.75, 3.05) is 11.9 Å². The van der Waals surface area contributed by atoms with E-state index in [9.17, 15) is 22.4 Å². The Labute approximate surface area is 174 Å². The smallest absolute Gasteiger partial charge is 0.280 e. The summed E-state index contributed by atoms with van der Waals surface area (Å²) in [4.78, 5) is 20.6. The van der Waals surface area contributed by atoms with Gasteiger partial charge in [-0.15, -0.1) is 0 Å². The van der Waals surface area contributed by atoms with Crippen molar-refractivity contribution >= 4 is 17.2 Å².